The van der Waals surface area contributed by atoms with E-state index >= 15 is 0 Å². The number of nitrogens with two attached hydrogens (primary N) is 1. The van der Waals surface area contributed by atoms with Gasteiger partial charge in [-0.25, -0.2) is 34.5 Å². The van der Waals surface area contributed by atoms with Crippen molar-refractivity contribution in [2.75, 3.05) is 12.3 Å². The van der Waals surface area contributed by atoms with Crippen LogP contribution in [-0.2, 0) is 14.8 Å². The van der Waals surface area contributed by atoms with Gasteiger partial charge >= 0.3 is 12.1 Å². The number of carboxylic acid groups (broad SMARTS) is 1. The molecule has 37 heavy (non-hydrogen) atoms. The van der Waals surface area contributed by atoms with Gasteiger partial charge in [-0.2, -0.15) is 13.2 Å². The first kappa shape index (κ1) is 22.5. The molecule has 2 heterocycles. The molecule has 0 atom stereocenters. The first-order valence-electron chi connectivity index (χ1n) is 12.2. The Kier molecular flexibility index (Phi) is 5.29. The summed E-state index contributed by atoms with van der Waals surface area (Å²) in [4.78, 5) is 20.8. The van der Waals surface area contributed by atoms with Gasteiger partial charge < -0.3 is 15.7 Å². The van der Waals surface area contributed by atoms with Gasteiger partial charge in [0.25, 0.3) is 0 Å². The van der Waals surface area contributed by atoms with E-state index in [1.54, 1.807) is 17.5 Å². The van der Waals surface area contributed by atoms with Gasteiger partial charge in [0.2, 0.25) is 16.6 Å². The van der Waals surface area contributed by atoms with Crippen LogP contribution in [0.5, 0.6) is 0 Å². The monoisotopic (exact) mass is 539 g/mol. The standard InChI is InChI=1S/C21H22N6O2S.C2HF3O2/c1-13-4-5-15(30(28,29)26-21-9-20(10-21,11-21)12-23-3)6-16(13)17-7-24-19-18(22)25-14(2)8-27(17)19;3-2(4,5)1(6)7/h4-8,26H,9-12H2,1-2H3,(H2,22,25);(H,6,7)/i1D3;. The van der Waals surface area contributed by atoms with Gasteiger partial charge in [0.1, 0.15) is 0 Å². The fourth-order valence-corrected chi connectivity index (χ4v) is 6.45. The number of carboxylic acids is 1. The molecule has 0 aliphatic heterocycles. The summed E-state index contributed by atoms with van der Waals surface area (Å²) in [5.41, 5.74) is 7.03. The molecule has 0 radical (unpaired) electrons. The van der Waals surface area contributed by atoms with Crippen molar-refractivity contribution in [3.8, 4) is 11.3 Å². The number of fused-ring (bicyclic) bond motifs is 1. The van der Waals surface area contributed by atoms with Gasteiger partial charge in [0, 0.05) is 26.8 Å². The van der Waals surface area contributed by atoms with E-state index in [4.69, 9.17) is 26.3 Å². The number of alkyl halides is 3. The van der Waals surface area contributed by atoms with Crippen LogP contribution in [0.3, 0.4) is 0 Å². The Morgan fingerprint density at radius 1 is 1.38 bits per heavy atom. The number of aryl methyl sites for hydroxylation is 2. The normalized spacial score (nSPS) is 23.8. The lowest BCUT2D eigenvalue weighted by Crippen LogP contribution is -2.75. The molecule has 196 valence electrons. The number of sulfonamides is 1. The zero-order chi connectivity index (χ0) is 29.9. The molecule has 1 aromatic carbocycles. The van der Waals surface area contributed by atoms with E-state index in [2.05, 4.69) is 19.5 Å². The smallest absolute Gasteiger partial charge is 0.475 e. The molecule has 3 aliphatic carbocycles. The predicted octanol–water partition coefficient (Wildman–Crippen LogP) is 3.35. The van der Waals surface area contributed by atoms with Crippen LogP contribution in [-0.4, -0.2) is 52.1 Å². The maximum absolute atomic E-state index is 13.2. The van der Waals surface area contributed by atoms with E-state index in [0.29, 0.717) is 42.8 Å². The Morgan fingerprint density at radius 2 is 2.03 bits per heavy atom. The minimum Gasteiger partial charge on any atom is -0.475 e. The van der Waals surface area contributed by atoms with Gasteiger partial charge in [-0.05, 0) is 50.7 Å². The Morgan fingerprint density at radius 3 is 2.59 bits per heavy atom. The summed E-state index contributed by atoms with van der Waals surface area (Å²) in [5.74, 6) is -2.56. The third-order valence-corrected chi connectivity index (χ3v) is 7.94. The summed E-state index contributed by atoms with van der Waals surface area (Å²) in [5, 5.41) is 7.12. The van der Waals surface area contributed by atoms with E-state index in [-0.39, 0.29) is 27.3 Å². The number of carbonyl (C=O) groups is 1. The lowest BCUT2D eigenvalue weighted by atomic mass is 9.40. The zero-order valence-electron chi connectivity index (χ0n) is 22.3. The molecule has 0 saturated heterocycles. The molecule has 10 nitrogen and oxygen atoms in total. The molecule has 2 bridgehead atoms. The number of halogens is 3. The van der Waals surface area contributed by atoms with Gasteiger partial charge in [-0.15, -0.1) is 0 Å². The number of anilines is 1. The summed E-state index contributed by atoms with van der Waals surface area (Å²) in [6.45, 7) is 6.76. The van der Waals surface area contributed by atoms with Gasteiger partial charge in [-0.1, -0.05) is 6.07 Å². The molecule has 0 amide bonds. The fourth-order valence-electron chi connectivity index (χ4n) is 5.02. The van der Waals surface area contributed by atoms with Crippen LogP contribution in [0.4, 0.5) is 19.0 Å². The second kappa shape index (κ2) is 8.70. The second-order valence-electron chi connectivity index (χ2n) is 9.35. The van der Waals surface area contributed by atoms with Crippen molar-refractivity contribution < 1.29 is 35.6 Å². The van der Waals surface area contributed by atoms with Crippen LogP contribution in [0, 0.1) is 25.8 Å². The topological polar surface area (TPSA) is 144 Å². The number of imidazole rings is 1. The fraction of sp³-hybridized carbons (Fsp3) is 0.391. The highest BCUT2D eigenvalue weighted by molar-refractivity contribution is 7.89. The van der Waals surface area contributed by atoms with Crippen molar-refractivity contribution in [2.24, 2.45) is 5.41 Å². The second-order valence-corrected chi connectivity index (χ2v) is 11.0. The van der Waals surface area contributed by atoms with Crippen LogP contribution in [0.1, 0.15) is 34.6 Å². The lowest BCUT2D eigenvalue weighted by molar-refractivity contribution is -0.192. The summed E-state index contributed by atoms with van der Waals surface area (Å²) in [6.07, 6.45) is 0.0216. The molecule has 3 saturated carbocycles. The van der Waals surface area contributed by atoms with Crippen molar-refractivity contribution in [1.29, 1.82) is 0 Å². The minimum absolute atomic E-state index is 0.0119. The van der Waals surface area contributed by atoms with E-state index in [9.17, 15) is 21.6 Å². The van der Waals surface area contributed by atoms with Crippen LogP contribution in [0.2, 0.25) is 0 Å². The SMILES string of the molecule is O=C(O)C(F)(F)F.[2H]C([2H])([2H])c1ccc(S(=O)(=O)NC23CC(C[N+]#[C-])(C2)C3)cc1-c1cnc2c(N)nc(C)cn12. The number of benzene rings is 1. The van der Waals surface area contributed by atoms with Gasteiger partial charge in [0.15, 0.2) is 11.5 Å². The minimum atomic E-state index is -5.08. The number of nitrogen functional groups attached to an aromatic ring is 1. The number of rotatable bonds is 5. The third kappa shape index (κ3) is 4.84. The van der Waals surface area contributed by atoms with E-state index in [1.807, 2.05) is 0 Å². The van der Waals surface area contributed by atoms with Crippen molar-refractivity contribution in [2.45, 2.75) is 49.6 Å². The predicted molar refractivity (Wildman–Crippen MR) is 127 cm³/mol. The zero-order valence-corrected chi connectivity index (χ0v) is 20.1. The third-order valence-electron chi connectivity index (χ3n) is 6.36. The molecule has 3 fully saturated rings. The van der Waals surface area contributed by atoms with Gasteiger partial charge in [-0.3, -0.25) is 4.40 Å². The highest BCUT2D eigenvalue weighted by Crippen LogP contribution is 2.67. The van der Waals surface area contributed by atoms with Crippen molar-refractivity contribution >= 4 is 27.5 Å². The summed E-state index contributed by atoms with van der Waals surface area (Å²) in [7, 11) is -3.91. The number of hydrogen-bond acceptors (Lipinski definition) is 6. The van der Waals surface area contributed by atoms with E-state index < -0.39 is 34.6 Å². The highest BCUT2D eigenvalue weighted by Gasteiger charge is 2.71. The average Bonchev–Trinajstić information content (AvgIpc) is 3.19. The van der Waals surface area contributed by atoms with Crippen LogP contribution in [0.15, 0.2) is 35.5 Å². The van der Waals surface area contributed by atoms with Crippen molar-refractivity contribution in [1.82, 2.24) is 19.1 Å². The maximum Gasteiger partial charge on any atom is 0.490 e. The Hall–Kier alpha value is -3.70. The summed E-state index contributed by atoms with van der Waals surface area (Å²) < 4.78 is 86.5. The van der Waals surface area contributed by atoms with E-state index in [1.165, 1.54) is 24.4 Å². The Balaban J connectivity index is 0.000000470. The molecule has 0 spiro atoms. The molecular formula is C23H23F3N6O4S. The molecule has 3 aromatic rings. The van der Waals surface area contributed by atoms with Crippen molar-refractivity contribution in [3.05, 3.63) is 53.3 Å². The quantitative estimate of drug-likeness (QED) is 0.422. The van der Waals surface area contributed by atoms with Crippen LogP contribution < -0.4 is 10.5 Å². The number of aliphatic carboxylic acids is 1. The average molecular weight is 540 g/mol. The number of nitrogens with one attached hydrogen (secondary N) is 1. The van der Waals surface area contributed by atoms with E-state index in [0.717, 1.165) is 0 Å². The van der Waals surface area contributed by atoms with Crippen LogP contribution >= 0.6 is 0 Å². The Bertz CT molecular complexity index is 1650. The number of nitrogens with zero attached hydrogens (tertiary/aromatic N) is 4. The lowest BCUT2D eigenvalue weighted by Gasteiger charge is -2.67. The largest absolute Gasteiger partial charge is 0.490 e. The van der Waals surface area contributed by atoms with Crippen LogP contribution in [0.25, 0.3) is 21.7 Å². The maximum atomic E-state index is 13.2. The number of hydrogen-bond donors (Lipinski definition) is 3. The molecule has 6 rings (SSSR count). The number of aromatic nitrogens is 3. The first-order chi connectivity index (χ1) is 18.3. The molecule has 14 heteroatoms. The summed E-state index contributed by atoms with van der Waals surface area (Å²) in [6, 6.07) is 4.02. The molecule has 3 aliphatic rings. The molecule has 2 aromatic heterocycles. The first-order valence-corrected chi connectivity index (χ1v) is 12.2. The Labute approximate surface area is 214 Å². The van der Waals surface area contributed by atoms with Gasteiger partial charge in [0.05, 0.1) is 22.5 Å². The molecule has 0 unspecified atom stereocenters. The molecule has 4 N–H and O–H groups in total. The van der Waals surface area contributed by atoms with Crippen molar-refractivity contribution in [3.63, 3.8) is 0 Å². The highest BCUT2D eigenvalue weighted by atomic mass is 32.2. The molecular weight excluding hydrogens is 513 g/mol. The summed E-state index contributed by atoms with van der Waals surface area (Å²) >= 11 is 0.